The minimum atomic E-state index is -3.86. The summed E-state index contributed by atoms with van der Waals surface area (Å²) in [5.41, 5.74) is 2.75. The number of rotatable bonds is 6. The molecular formula is C17H19ClN2O4S. The Balaban J connectivity index is 2.02. The molecule has 2 rings (SSSR count). The molecule has 0 saturated heterocycles. The van der Waals surface area contributed by atoms with E-state index >= 15 is 0 Å². The van der Waals surface area contributed by atoms with Gasteiger partial charge in [0.15, 0.2) is 0 Å². The maximum atomic E-state index is 12.2. The summed E-state index contributed by atoms with van der Waals surface area (Å²) in [6.07, 6.45) is 0. The van der Waals surface area contributed by atoms with Crippen molar-refractivity contribution in [3.8, 4) is 5.75 Å². The maximum absolute atomic E-state index is 12.2. The lowest BCUT2D eigenvalue weighted by Crippen LogP contribution is -2.32. The highest BCUT2D eigenvalue weighted by atomic mass is 35.5. The van der Waals surface area contributed by atoms with E-state index in [4.69, 9.17) is 16.3 Å². The molecule has 2 aromatic rings. The van der Waals surface area contributed by atoms with E-state index in [1.54, 1.807) is 6.07 Å². The fourth-order valence-electron chi connectivity index (χ4n) is 2.08. The van der Waals surface area contributed by atoms with Crippen LogP contribution in [0.4, 0.5) is 5.69 Å². The quantitative estimate of drug-likeness (QED) is 0.804. The minimum absolute atomic E-state index is 0.0442. The maximum Gasteiger partial charge on any atom is 0.241 e. The molecule has 0 heterocycles. The average Bonchev–Trinajstić information content (AvgIpc) is 2.56. The number of halogens is 1. The van der Waals surface area contributed by atoms with Gasteiger partial charge in [-0.1, -0.05) is 17.7 Å². The molecule has 0 aliphatic heterocycles. The molecule has 0 bridgehead atoms. The molecule has 0 aromatic heterocycles. The summed E-state index contributed by atoms with van der Waals surface area (Å²) in [4.78, 5) is 11.9. The predicted molar refractivity (Wildman–Crippen MR) is 97.7 cm³/mol. The second-order valence-corrected chi connectivity index (χ2v) is 7.64. The van der Waals surface area contributed by atoms with E-state index in [0.29, 0.717) is 11.4 Å². The third-order valence-corrected chi connectivity index (χ3v) is 5.34. The highest BCUT2D eigenvalue weighted by Gasteiger charge is 2.17. The number of benzene rings is 2. The van der Waals surface area contributed by atoms with E-state index in [1.807, 2.05) is 26.0 Å². The van der Waals surface area contributed by atoms with E-state index in [9.17, 15) is 13.2 Å². The zero-order valence-corrected chi connectivity index (χ0v) is 15.7. The van der Waals surface area contributed by atoms with E-state index in [0.717, 1.165) is 11.1 Å². The number of amides is 1. The predicted octanol–water partition coefficient (Wildman–Crippen LogP) is 2.88. The van der Waals surface area contributed by atoms with Crippen LogP contribution >= 0.6 is 11.6 Å². The van der Waals surface area contributed by atoms with Crippen LogP contribution in [0.5, 0.6) is 5.75 Å². The zero-order valence-electron chi connectivity index (χ0n) is 14.1. The highest BCUT2D eigenvalue weighted by molar-refractivity contribution is 7.89. The van der Waals surface area contributed by atoms with Gasteiger partial charge in [-0.25, -0.2) is 13.1 Å². The molecule has 2 aromatic carbocycles. The molecule has 0 aliphatic carbocycles. The van der Waals surface area contributed by atoms with Crippen LogP contribution in [0, 0.1) is 13.8 Å². The molecule has 6 nitrogen and oxygen atoms in total. The van der Waals surface area contributed by atoms with Crippen molar-refractivity contribution < 1.29 is 17.9 Å². The van der Waals surface area contributed by atoms with E-state index in [1.165, 1.54) is 25.3 Å². The number of hydrogen-bond donors (Lipinski definition) is 2. The summed E-state index contributed by atoms with van der Waals surface area (Å²) in [6.45, 7) is 3.51. The lowest BCUT2D eigenvalue weighted by atomic mass is 10.1. The van der Waals surface area contributed by atoms with Crippen molar-refractivity contribution in [2.24, 2.45) is 0 Å². The first-order chi connectivity index (χ1) is 11.7. The molecule has 8 heteroatoms. The number of sulfonamides is 1. The monoisotopic (exact) mass is 382 g/mol. The minimum Gasteiger partial charge on any atom is -0.495 e. The molecule has 0 spiro atoms. The van der Waals surface area contributed by atoms with Gasteiger partial charge in [-0.2, -0.15) is 0 Å². The molecule has 0 unspecified atom stereocenters. The fraction of sp³-hybridized carbons (Fsp3) is 0.235. The first kappa shape index (κ1) is 19.2. The van der Waals surface area contributed by atoms with E-state index in [2.05, 4.69) is 10.0 Å². The third-order valence-electron chi connectivity index (χ3n) is 3.65. The molecule has 134 valence electrons. The van der Waals surface area contributed by atoms with Gasteiger partial charge in [-0.3, -0.25) is 4.79 Å². The Morgan fingerprint density at radius 3 is 2.44 bits per heavy atom. The Hall–Kier alpha value is -2.09. The summed E-state index contributed by atoms with van der Waals surface area (Å²) in [6, 6.07) is 9.54. The average molecular weight is 383 g/mol. The number of methoxy groups -OCH3 is 1. The molecule has 0 saturated carbocycles. The van der Waals surface area contributed by atoms with Crippen molar-refractivity contribution >= 4 is 33.2 Å². The summed E-state index contributed by atoms with van der Waals surface area (Å²) in [7, 11) is -2.43. The Kier molecular flexibility index (Phi) is 6.05. The third kappa shape index (κ3) is 4.94. The lowest BCUT2D eigenvalue weighted by Gasteiger charge is -2.10. The normalized spacial score (nSPS) is 11.2. The SMILES string of the molecule is COc1ccc(S(=O)(=O)NCC(=O)Nc2ccc(C)c(C)c2)cc1Cl. The van der Waals surface area contributed by atoms with Gasteiger partial charge in [0.2, 0.25) is 15.9 Å². The number of carbonyl (C=O) groups excluding carboxylic acids is 1. The van der Waals surface area contributed by atoms with Gasteiger partial charge in [0.1, 0.15) is 5.75 Å². The largest absolute Gasteiger partial charge is 0.495 e. The Morgan fingerprint density at radius 2 is 1.84 bits per heavy atom. The van der Waals surface area contributed by atoms with E-state index < -0.39 is 15.9 Å². The Morgan fingerprint density at radius 1 is 1.12 bits per heavy atom. The second-order valence-electron chi connectivity index (χ2n) is 5.47. The fourth-order valence-corrected chi connectivity index (χ4v) is 3.41. The summed E-state index contributed by atoms with van der Waals surface area (Å²) in [5, 5.41) is 2.82. The Labute approximate surface area is 152 Å². The smallest absolute Gasteiger partial charge is 0.241 e. The number of aryl methyl sites for hydroxylation is 2. The van der Waals surface area contributed by atoms with E-state index in [-0.39, 0.29) is 16.5 Å². The van der Waals surface area contributed by atoms with Gasteiger partial charge < -0.3 is 10.1 Å². The molecule has 2 N–H and O–H groups in total. The highest BCUT2D eigenvalue weighted by Crippen LogP contribution is 2.26. The van der Waals surface area contributed by atoms with Crippen LogP contribution in [0.3, 0.4) is 0 Å². The van der Waals surface area contributed by atoms with Crippen LogP contribution in [-0.2, 0) is 14.8 Å². The summed E-state index contributed by atoms with van der Waals surface area (Å²) in [5.74, 6) is -0.0977. The second kappa shape index (κ2) is 7.86. The van der Waals surface area contributed by atoms with Crippen LogP contribution < -0.4 is 14.8 Å². The van der Waals surface area contributed by atoms with Crippen LogP contribution in [0.15, 0.2) is 41.3 Å². The molecule has 0 aliphatic rings. The van der Waals surface area contributed by atoms with Crippen molar-refractivity contribution in [1.29, 1.82) is 0 Å². The number of carbonyl (C=O) groups is 1. The van der Waals surface area contributed by atoms with Gasteiger partial charge in [0.05, 0.1) is 23.6 Å². The number of ether oxygens (including phenoxy) is 1. The van der Waals surface area contributed by atoms with Crippen molar-refractivity contribution in [2.75, 3.05) is 19.0 Å². The topological polar surface area (TPSA) is 84.5 Å². The molecule has 1 amide bonds. The van der Waals surface area contributed by atoms with Gasteiger partial charge in [0.25, 0.3) is 0 Å². The Bertz CT molecular complexity index is 898. The van der Waals surface area contributed by atoms with Crippen molar-refractivity contribution in [2.45, 2.75) is 18.7 Å². The first-order valence-electron chi connectivity index (χ1n) is 7.43. The number of hydrogen-bond acceptors (Lipinski definition) is 4. The van der Waals surface area contributed by atoms with Crippen LogP contribution in [0.25, 0.3) is 0 Å². The van der Waals surface area contributed by atoms with Crippen molar-refractivity contribution in [3.05, 3.63) is 52.5 Å². The van der Waals surface area contributed by atoms with Crippen molar-refractivity contribution in [3.63, 3.8) is 0 Å². The lowest BCUT2D eigenvalue weighted by molar-refractivity contribution is -0.115. The summed E-state index contributed by atoms with van der Waals surface area (Å²) < 4.78 is 31.7. The van der Waals surface area contributed by atoms with Gasteiger partial charge in [-0.05, 0) is 55.3 Å². The number of nitrogens with one attached hydrogen (secondary N) is 2. The number of anilines is 1. The van der Waals surface area contributed by atoms with Gasteiger partial charge in [-0.15, -0.1) is 0 Å². The van der Waals surface area contributed by atoms with Crippen LogP contribution in [-0.4, -0.2) is 28.0 Å². The molecular weight excluding hydrogens is 364 g/mol. The zero-order chi connectivity index (χ0) is 18.6. The molecule has 0 atom stereocenters. The van der Waals surface area contributed by atoms with Crippen LogP contribution in [0.2, 0.25) is 5.02 Å². The van der Waals surface area contributed by atoms with Gasteiger partial charge in [0, 0.05) is 5.69 Å². The van der Waals surface area contributed by atoms with Crippen molar-refractivity contribution in [1.82, 2.24) is 4.72 Å². The van der Waals surface area contributed by atoms with Gasteiger partial charge >= 0.3 is 0 Å². The van der Waals surface area contributed by atoms with Crippen LogP contribution in [0.1, 0.15) is 11.1 Å². The summed E-state index contributed by atoms with van der Waals surface area (Å²) >= 11 is 5.94. The molecule has 0 fully saturated rings. The molecule has 0 radical (unpaired) electrons. The molecule has 25 heavy (non-hydrogen) atoms. The standard InChI is InChI=1S/C17H19ClN2O4S/c1-11-4-5-13(8-12(11)2)20-17(21)10-19-25(22,23)14-6-7-16(24-3)15(18)9-14/h4-9,19H,10H2,1-3H3,(H,20,21). The first-order valence-corrected chi connectivity index (χ1v) is 9.29.